The molecule has 3 heteroatoms. The summed E-state index contributed by atoms with van der Waals surface area (Å²) in [5.41, 5.74) is 0. The molecule has 0 radical (unpaired) electrons. The second-order valence-corrected chi connectivity index (χ2v) is 4.09. The number of hydrogen-bond acceptors (Lipinski definition) is 2. The Kier molecular flexibility index (Phi) is 3.96. The minimum absolute atomic E-state index is 0.0518. The second kappa shape index (κ2) is 5.02. The van der Waals surface area contributed by atoms with Crippen molar-refractivity contribution < 1.29 is 4.79 Å². The summed E-state index contributed by atoms with van der Waals surface area (Å²) in [6, 6.07) is 4.02. The number of amides is 1. The Labute approximate surface area is 83.0 Å². The molecule has 1 rings (SSSR count). The SMILES string of the molecule is CCCC(C)NC(=O)c1cccs1. The number of nitrogens with one attached hydrogen (secondary N) is 1. The van der Waals surface area contributed by atoms with Crippen molar-refractivity contribution >= 4 is 17.2 Å². The predicted molar refractivity (Wildman–Crippen MR) is 56.2 cm³/mol. The van der Waals surface area contributed by atoms with Crippen LogP contribution in [0.5, 0.6) is 0 Å². The number of hydrogen-bond donors (Lipinski definition) is 1. The predicted octanol–water partition coefficient (Wildman–Crippen LogP) is 2.67. The summed E-state index contributed by atoms with van der Waals surface area (Å²) in [4.78, 5) is 12.3. The average Bonchev–Trinajstić information content (AvgIpc) is 2.55. The lowest BCUT2D eigenvalue weighted by atomic mass is 10.2. The van der Waals surface area contributed by atoms with Gasteiger partial charge in [-0.05, 0) is 24.8 Å². The number of rotatable bonds is 4. The van der Waals surface area contributed by atoms with E-state index in [1.807, 2.05) is 24.4 Å². The molecule has 0 bridgehead atoms. The highest BCUT2D eigenvalue weighted by atomic mass is 32.1. The summed E-state index contributed by atoms with van der Waals surface area (Å²) < 4.78 is 0. The van der Waals surface area contributed by atoms with Gasteiger partial charge in [0.05, 0.1) is 4.88 Å². The van der Waals surface area contributed by atoms with E-state index in [4.69, 9.17) is 0 Å². The van der Waals surface area contributed by atoms with Crippen LogP contribution in [0.1, 0.15) is 36.4 Å². The molecule has 1 unspecified atom stereocenters. The molecule has 0 spiro atoms. The van der Waals surface area contributed by atoms with E-state index in [2.05, 4.69) is 12.2 Å². The minimum atomic E-state index is 0.0518. The third-order valence-electron chi connectivity index (χ3n) is 1.84. The highest BCUT2D eigenvalue weighted by Gasteiger charge is 2.08. The quantitative estimate of drug-likeness (QED) is 0.790. The zero-order valence-electron chi connectivity index (χ0n) is 8.04. The van der Waals surface area contributed by atoms with Gasteiger partial charge in [0.2, 0.25) is 0 Å². The first kappa shape index (κ1) is 10.3. The van der Waals surface area contributed by atoms with Gasteiger partial charge in [0.25, 0.3) is 5.91 Å². The van der Waals surface area contributed by atoms with Crippen LogP contribution in [-0.2, 0) is 0 Å². The Morgan fingerprint density at radius 3 is 3.00 bits per heavy atom. The van der Waals surface area contributed by atoms with Crippen molar-refractivity contribution in [1.82, 2.24) is 5.32 Å². The van der Waals surface area contributed by atoms with Crippen molar-refractivity contribution in [1.29, 1.82) is 0 Å². The minimum Gasteiger partial charge on any atom is -0.349 e. The van der Waals surface area contributed by atoms with Crippen LogP contribution < -0.4 is 5.32 Å². The third-order valence-corrected chi connectivity index (χ3v) is 2.71. The molecule has 72 valence electrons. The van der Waals surface area contributed by atoms with Gasteiger partial charge in [-0.25, -0.2) is 0 Å². The lowest BCUT2D eigenvalue weighted by molar-refractivity contribution is 0.0942. The maximum Gasteiger partial charge on any atom is 0.261 e. The first-order valence-electron chi connectivity index (χ1n) is 4.58. The van der Waals surface area contributed by atoms with Crippen LogP contribution in [0, 0.1) is 0 Å². The number of carbonyl (C=O) groups is 1. The summed E-state index contributed by atoms with van der Waals surface area (Å²) in [6.07, 6.45) is 2.14. The topological polar surface area (TPSA) is 29.1 Å². The standard InChI is InChI=1S/C10H15NOS/c1-3-5-8(2)11-10(12)9-6-4-7-13-9/h4,6-8H,3,5H2,1-2H3,(H,11,12). The van der Waals surface area contributed by atoms with Gasteiger partial charge in [-0.2, -0.15) is 0 Å². The smallest absolute Gasteiger partial charge is 0.261 e. The van der Waals surface area contributed by atoms with Gasteiger partial charge in [0.1, 0.15) is 0 Å². The zero-order chi connectivity index (χ0) is 9.68. The van der Waals surface area contributed by atoms with Crippen LogP contribution in [0.25, 0.3) is 0 Å². The molecule has 2 nitrogen and oxygen atoms in total. The molecule has 0 saturated carbocycles. The Balaban J connectivity index is 2.42. The van der Waals surface area contributed by atoms with E-state index in [0.717, 1.165) is 17.7 Å². The van der Waals surface area contributed by atoms with E-state index in [1.165, 1.54) is 11.3 Å². The molecule has 0 fully saturated rings. The lowest BCUT2D eigenvalue weighted by Crippen LogP contribution is -2.31. The van der Waals surface area contributed by atoms with Crippen LogP contribution in [0.4, 0.5) is 0 Å². The van der Waals surface area contributed by atoms with Crippen molar-refractivity contribution in [3.8, 4) is 0 Å². The molecule has 0 aliphatic rings. The van der Waals surface area contributed by atoms with E-state index in [9.17, 15) is 4.79 Å². The summed E-state index contributed by atoms with van der Waals surface area (Å²) >= 11 is 1.48. The van der Waals surface area contributed by atoms with Gasteiger partial charge in [-0.1, -0.05) is 19.4 Å². The highest BCUT2D eigenvalue weighted by molar-refractivity contribution is 7.12. The molecule has 1 N–H and O–H groups in total. The van der Waals surface area contributed by atoms with E-state index in [-0.39, 0.29) is 11.9 Å². The molecule has 0 aliphatic heterocycles. The summed E-state index contributed by atoms with van der Waals surface area (Å²) in [5.74, 6) is 0.0518. The molecule has 1 heterocycles. The Morgan fingerprint density at radius 2 is 2.46 bits per heavy atom. The first-order valence-corrected chi connectivity index (χ1v) is 5.46. The monoisotopic (exact) mass is 197 g/mol. The van der Waals surface area contributed by atoms with E-state index in [0.29, 0.717) is 0 Å². The fourth-order valence-electron chi connectivity index (χ4n) is 1.21. The fraction of sp³-hybridized carbons (Fsp3) is 0.500. The van der Waals surface area contributed by atoms with Gasteiger partial charge >= 0.3 is 0 Å². The average molecular weight is 197 g/mol. The highest BCUT2D eigenvalue weighted by Crippen LogP contribution is 2.08. The van der Waals surface area contributed by atoms with Crippen LogP contribution in [0.2, 0.25) is 0 Å². The van der Waals surface area contributed by atoms with Crippen molar-refractivity contribution in [2.45, 2.75) is 32.7 Å². The lowest BCUT2D eigenvalue weighted by Gasteiger charge is -2.11. The Hall–Kier alpha value is -0.830. The molecule has 13 heavy (non-hydrogen) atoms. The van der Waals surface area contributed by atoms with Crippen molar-refractivity contribution in [2.75, 3.05) is 0 Å². The van der Waals surface area contributed by atoms with Gasteiger partial charge in [-0.3, -0.25) is 4.79 Å². The van der Waals surface area contributed by atoms with Gasteiger partial charge in [0.15, 0.2) is 0 Å². The Morgan fingerprint density at radius 1 is 1.69 bits per heavy atom. The Bertz CT molecular complexity index is 256. The van der Waals surface area contributed by atoms with Crippen LogP contribution >= 0.6 is 11.3 Å². The van der Waals surface area contributed by atoms with Crippen molar-refractivity contribution in [3.05, 3.63) is 22.4 Å². The summed E-state index contributed by atoms with van der Waals surface area (Å²) in [5, 5.41) is 4.87. The van der Waals surface area contributed by atoms with Crippen LogP contribution in [-0.4, -0.2) is 11.9 Å². The molecule has 1 aromatic rings. The molecular formula is C10H15NOS. The molecule has 0 saturated heterocycles. The molecule has 1 aromatic heterocycles. The largest absolute Gasteiger partial charge is 0.349 e. The molecule has 1 amide bonds. The summed E-state index contributed by atoms with van der Waals surface area (Å²) in [6.45, 7) is 4.16. The molecule has 1 atom stereocenters. The van der Waals surface area contributed by atoms with Crippen molar-refractivity contribution in [3.63, 3.8) is 0 Å². The van der Waals surface area contributed by atoms with Crippen LogP contribution in [0.3, 0.4) is 0 Å². The second-order valence-electron chi connectivity index (χ2n) is 3.14. The van der Waals surface area contributed by atoms with E-state index < -0.39 is 0 Å². The first-order chi connectivity index (χ1) is 6.24. The van der Waals surface area contributed by atoms with E-state index >= 15 is 0 Å². The maximum atomic E-state index is 11.5. The summed E-state index contributed by atoms with van der Waals surface area (Å²) in [7, 11) is 0. The zero-order valence-corrected chi connectivity index (χ0v) is 8.86. The third kappa shape index (κ3) is 3.19. The number of carbonyl (C=O) groups excluding carboxylic acids is 1. The van der Waals surface area contributed by atoms with Crippen molar-refractivity contribution in [2.24, 2.45) is 0 Å². The number of thiophene rings is 1. The maximum absolute atomic E-state index is 11.5. The van der Waals surface area contributed by atoms with E-state index in [1.54, 1.807) is 0 Å². The van der Waals surface area contributed by atoms with Gasteiger partial charge < -0.3 is 5.32 Å². The fourth-order valence-corrected chi connectivity index (χ4v) is 1.83. The molecular weight excluding hydrogens is 182 g/mol. The van der Waals surface area contributed by atoms with Crippen LogP contribution in [0.15, 0.2) is 17.5 Å². The van der Waals surface area contributed by atoms with Gasteiger partial charge in [0, 0.05) is 6.04 Å². The molecule has 0 aliphatic carbocycles. The normalized spacial score (nSPS) is 12.5. The molecule has 0 aromatic carbocycles. The van der Waals surface area contributed by atoms with Gasteiger partial charge in [-0.15, -0.1) is 11.3 Å².